The minimum atomic E-state index is 0.594. The Bertz CT molecular complexity index is 2820. The summed E-state index contributed by atoms with van der Waals surface area (Å²) >= 11 is 0. The normalized spacial score (nSPS) is 11.3. The third-order valence-electron chi connectivity index (χ3n) is 9.15. The molecule has 7 aromatic carbocycles. The average Bonchev–Trinajstić information content (AvgIpc) is 3.71. The van der Waals surface area contributed by atoms with Crippen molar-refractivity contribution in [3.05, 3.63) is 157 Å². The second-order valence-corrected chi connectivity index (χ2v) is 11.9. The zero-order chi connectivity index (χ0) is 32.2. The Morgan fingerprint density at radius 2 is 0.875 bits per heavy atom. The molecule has 9 aromatic rings. The molecule has 0 fully saturated rings. The van der Waals surface area contributed by atoms with Crippen molar-refractivity contribution in [2.24, 2.45) is 0 Å². The van der Waals surface area contributed by atoms with Crippen LogP contribution >= 0.6 is 0 Å². The van der Waals surface area contributed by atoms with Crippen LogP contribution in [0.1, 0.15) is 11.1 Å². The lowest BCUT2D eigenvalue weighted by Crippen LogP contribution is -1.91. The number of hydrogen-bond donors (Lipinski definition) is 0. The maximum absolute atomic E-state index is 9.96. The molecule has 0 aliphatic rings. The largest absolute Gasteiger partial charge is 0.456 e. The highest BCUT2D eigenvalue weighted by molar-refractivity contribution is 6.08. The van der Waals surface area contributed by atoms with Gasteiger partial charge in [-0.3, -0.25) is 0 Å². The predicted octanol–water partition coefficient (Wildman–Crippen LogP) is 11.9. The molecule has 0 atom stereocenters. The molecule has 2 heterocycles. The number of hydrogen-bond acceptors (Lipinski definition) is 4. The molecule has 0 saturated carbocycles. The van der Waals surface area contributed by atoms with Crippen LogP contribution in [0.25, 0.3) is 88.4 Å². The van der Waals surface area contributed by atoms with Crippen LogP contribution in [0.2, 0.25) is 0 Å². The van der Waals surface area contributed by atoms with Crippen LogP contribution in [-0.2, 0) is 0 Å². The fourth-order valence-electron chi connectivity index (χ4n) is 6.83. The van der Waals surface area contributed by atoms with Gasteiger partial charge < -0.3 is 8.83 Å². The Balaban J connectivity index is 1.29. The molecule has 0 unspecified atom stereocenters. The van der Waals surface area contributed by atoms with E-state index in [1.54, 1.807) is 6.07 Å². The van der Waals surface area contributed by atoms with E-state index in [1.165, 1.54) is 0 Å². The summed E-state index contributed by atoms with van der Waals surface area (Å²) in [5.41, 5.74) is 12.6. The second-order valence-electron chi connectivity index (χ2n) is 11.9. The Morgan fingerprint density at radius 1 is 0.354 bits per heavy atom. The van der Waals surface area contributed by atoms with Crippen molar-refractivity contribution in [3.8, 4) is 56.6 Å². The van der Waals surface area contributed by atoms with Crippen molar-refractivity contribution in [1.82, 2.24) is 0 Å². The minimum Gasteiger partial charge on any atom is -0.456 e. The van der Waals surface area contributed by atoms with E-state index < -0.39 is 0 Å². The Labute approximate surface area is 275 Å². The molecular formula is C44H24N2O2. The maximum atomic E-state index is 9.96. The zero-order valence-electron chi connectivity index (χ0n) is 25.6. The topological polar surface area (TPSA) is 73.9 Å². The quantitative estimate of drug-likeness (QED) is 0.198. The van der Waals surface area contributed by atoms with E-state index in [2.05, 4.69) is 72.8 Å². The van der Waals surface area contributed by atoms with Crippen LogP contribution in [0.5, 0.6) is 0 Å². The summed E-state index contributed by atoms with van der Waals surface area (Å²) in [6, 6.07) is 53.5. The van der Waals surface area contributed by atoms with E-state index in [-0.39, 0.29) is 0 Å². The summed E-state index contributed by atoms with van der Waals surface area (Å²) < 4.78 is 12.3. The van der Waals surface area contributed by atoms with Gasteiger partial charge in [-0.15, -0.1) is 0 Å². The molecule has 0 bridgehead atoms. The van der Waals surface area contributed by atoms with Gasteiger partial charge >= 0.3 is 0 Å². The van der Waals surface area contributed by atoms with E-state index in [4.69, 9.17) is 8.83 Å². The molecule has 0 spiro atoms. The molecule has 0 radical (unpaired) electrons. The number of nitrogens with zero attached hydrogens (tertiary/aromatic N) is 2. The van der Waals surface area contributed by atoms with Crippen LogP contribution in [0.15, 0.2) is 154 Å². The third kappa shape index (κ3) is 4.44. The molecule has 9 rings (SSSR count). The lowest BCUT2D eigenvalue weighted by molar-refractivity contribution is 0.668. The first-order valence-corrected chi connectivity index (χ1v) is 15.7. The van der Waals surface area contributed by atoms with Crippen molar-refractivity contribution in [1.29, 1.82) is 10.5 Å². The predicted molar refractivity (Wildman–Crippen MR) is 192 cm³/mol. The third-order valence-corrected chi connectivity index (χ3v) is 9.15. The van der Waals surface area contributed by atoms with Crippen LogP contribution < -0.4 is 0 Å². The summed E-state index contributed by atoms with van der Waals surface area (Å²) in [5, 5.41) is 23.5. The van der Waals surface area contributed by atoms with Gasteiger partial charge in [-0.05, 0) is 112 Å². The minimum absolute atomic E-state index is 0.594. The van der Waals surface area contributed by atoms with E-state index in [9.17, 15) is 10.5 Å². The molecule has 48 heavy (non-hydrogen) atoms. The highest BCUT2D eigenvalue weighted by Crippen LogP contribution is 2.41. The van der Waals surface area contributed by atoms with Gasteiger partial charge in [0.1, 0.15) is 22.3 Å². The van der Waals surface area contributed by atoms with Gasteiger partial charge in [0.25, 0.3) is 0 Å². The fraction of sp³-hybridized carbons (Fsp3) is 0. The smallest absolute Gasteiger partial charge is 0.135 e. The summed E-state index contributed by atoms with van der Waals surface area (Å²) in [7, 11) is 0. The monoisotopic (exact) mass is 612 g/mol. The molecule has 0 aliphatic carbocycles. The van der Waals surface area contributed by atoms with Gasteiger partial charge in [0.15, 0.2) is 0 Å². The van der Waals surface area contributed by atoms with Gasteiger partial charge in [0, 0.05) is 27.1 Å². The number of furan rings is 2. The zero-order valence-corrected chi connectivity index (χ0v) is 25.6. The first-order valence-electron chi connectivity index (χ1n) is 15.7. The van der Waals surface area contributed by atoms with Crippen molar-refractivity contribution in [2.45, 2.75) is 0 Å². The van der Waals surface area contributed by atoms with Crippen LogP contribution in [-0.4, -0.2) is 0 Å². The lowest BCUT2D eigenvalue weighted by Gasteiger charge is -2.15. The Morgan fingerprint density at radius 3 is 1.56 bits per heavy atom. The number of benzene rings is 7. The summed E-state index contributed by atoms with van der Waals surface area (Å²) in [6.07, 6.45) is 0. The standard InChI is InChI=1S/C44H24N2O2/c45-25-27-13-16-42-38(19-27)40-24-29(15-18-44(40)48-42)32-20-31(28-14-17-43-39(23-28)37-11-5-6-12-41(37)47-43)21-33(22-32)35-9-3-4-10-36(35)34-8-2-1-7-30(34)26-46/h1-24H. The van der Waals surface area contributed by atoms with E-state index in [1.807, 2.05) is 78.9 Å². The highest BCUT2D eigenvalue weighted by Gasteiger charge is 2.16. The molecule has 0 amide bonds. The molecule has 2 aromatic heterocycles. The summed E-state index contributed by atoms with van der Waals surface area (Å²) in [5.74, 6) is 0. The number of fused-ring (bicyclic) bond motifs is 6. The summed E-state index contributed by atoms with van der Waals surface area (Å²) in [4.78, 5) is 0. The van der Waals surface area contributed by atoms with Crippen molar-refractivity contribution in [3.63, 3.8) is 0 Å². The van der Waals surface area contributed by atoms with Crippen molar-refractivity contribution >= 4 is 43.9 Å². The summed E-state index contributed by atoms with van der Waals surface area (Å²) in [6.45, 7) is 0. The fourth-order valence-corrected chi connectivity index (χ4v) is 6.83. The highest BCUT2D eigenvalue weighted by atomic mass is 16.3. The molecule has 0 aliphatic heterocycles. The van der Waals surface area contributed by atoms with Crippen molar-refractivity contribution in [2.75, 3.05) is 0 Å². The second kappa shape index (κ2) is 10.9. The lowest BCUT2D eigenvalue weighted by atomic mass is 9.88. The van der Waals surface area contributed by atoms with Crippen LogP contribution in [0.3, 0.4) is 0 Å². The maximum Gasteiger partial charge on any atom is 0.135 e. The van der Waals surface area contributed by atoms with Crippen LogP contribution in [0.4, 0.5) is 0 Å². The Hall–Kier alpha value is -6.88. The average molecular weight is 613 g/mol. The molecule has 222 valence electrons. The number of para-hydroxylation sites is 1. The van der Waals surface area contributed by atoms with E-state index >= 15 is 0 Å². The van der Waals surface area contributed by atoms with Crippen LogP contribution in [0, 0.1) is 22.7 Å². The SMILES string of the molecule is N#Cc1ccc2oc3ccc(-c4cc(-c5ccc6oc7ccccc7c6c5)cc(-c5ccccc5-c5ccccc5C#N)c4)cc3c2c1. The molecule has 0 N–H and O–H groups in total. The molecule has 0 saturated heterocycles. The van der Waals surface area contributed by atoms with Crippen molar-refractivity contribution < 1.29 is 8.83 Å². The first-order chi connectivity index (χ1) is 23.7. The molecule has 4 heteroatoms. The van der Waals surface area contributed by atoms with E-state index in [0.717, 1.165) is 88.4 Å². The van der Waals surface area contributed by atoms with Gasteiger partial charge in [0.2, 0.25) is 0 Å². The van der Waals surface area contributed by atoms with Gasteiger partial charge in [-0.1, -0.05) is 72.8 Å². The van der Waals surface area contributed by atoms with Gasteiger partial charge in [0.05, 0.1) is 23.3 Å². The molecular weight excluding hydrogens is 588 g/mol. The van der Waals surface area contributed by atoms with E-state index in [0.29, 0.717) is 11.1 Å². The van der Waals surface area contributed by atoms with Gasteiger partial charge in [-0.25, -0.2) is 0 Å². The molecule has 4 nitrogen and oxygen atoms in total. The number of nitriles is 2. The number of rotatable bonds is 4. The first kappa shape index (κ1) is 27.4. The van der Waals surface area contributed by atoms with Gasteiger partial charge in [-0.2, -0.15) is 10.5 Å². The Kier molecular flexibility index (Phi) is 6.22.